The van der Waals surface area contributed by atoms with E-state index in [0.29, 0.717) is 12.8 Å². The van der Waals surface area contributed by atoms with Crippen LogP contribution in [-0.4, -0.2) is 5.97 Å². The molecule has 0 amide bonds. The van der Waals surface area contributed by atoms with Gasteiger partial charge in [-0.25, -0.2) is 0 Å². The van der Waals surface area contributed by atoms with Crippen molar-refractivity contribution in [3.05, 3.63) is 22.3 Å². The molecule has 1 atom stereocenters. The second-order valence-electron chi connectivity index (χ2n) is 3.67. The van der Waals surface area contributed by atoms with Gasteiger partial charge in [-0.05, 0) is 92.2 Å². The normalized spacial score (nSPS) is 11.8. The summed E-state index contributed by atoms with van der Waals surface area (Å²) in [5.41, 5.74) is 7.71. The van der Waals surface area contributed by atoms with Crippen molar-refractivity contribution in [3.8, 4) is 0 Å². The van der Waals surface area contributed by atoms with Gasteiger partial charge in [0.15, 0.2) is 0 Å². The maximum atomic E-state index is 11.0. The molecule has 3 nitrogen and oxygen atoms in total. The fraction of sp³-hybridized carbons (Fsp3) is 0.364. The van der Waals surface area contributed by atoms with Gasteiger partial charge in [-0.1, -0.05) is 6.92 Å². The summed E-state index contributed by atoms with van der Waals surface area (Å²) in [5.74, 6) is -1.44. The van der Waals surface area contributed by atoms with Crippen LogP contribution in [0.25, 0.3) is 0 Å². The standard InChI is InChI=1S/C11H12I3NO2.Na/c1-2-5(11(16)17)3-6-7(12)4-8(13)10(15)9(6)14;/h4-5H,2-3,15H2,1H3,(H,16,17);/q;+1/p-1. The Morgan fingerprint density at radius 1 is 1.39 bits per heavy atom. The summed E-state index contributed by atoms with van der Waals surface area (Å²) in [7, 11) is 0. The number of rotatable bonds is 4. The van der Waals surface area contributed by atoms with Crippen LogP contribution in [0.5, 0.6) is 0 Å². The van der Waals surface area contributed by atoms with Gasteiger partial charge in [0.25, 0.3) is 0 Å². The Balaban J connectivity index is 0.00000289. The molecule has 0 radical (unpaired) electrons. The van der Waals surface area contributed by atoms with Crippen LogP contribution >= 0.6 is 67.8 Å². The molecular weight excluding hydrogens is 582 g/mol. The molecule has 0 fully saturated rings. The summed E-state index contributed by atoms with van der Waals surface area (Å²) in [6, 6.07) is 1.98. The molecule has 1 unspecified atom stereocenters. The molecule has 18 heavy (non-hydrogen) atoms. The molecular formula is C11H11I3NNaO2. The third-order valence-corrected chi connectivity index (χ3v) is 5.66. The monoisotopic (exact) mass is 593 g/mol. The molecule has 1 rings (SSSR count). The summed E-state index contributed by atoms with van der Waals surface area (Å²) in [5, 5.41) is 11.0. The van der Waals surface area contributed by atoms with Gasteiger partial charge >= 0.3 is 29.6 Å². The topological polar surface area (TPSA) is 66.2 Å². The van der Waals surface area contributed by atoms with Gasteiger partial charge in [-0.15, -0.1) is 0 Å². The third kappa shape index (κ3) is 4.90. The van der Waals surface area contributed by atoms with Crippen molar-refractivity contribution in [2.75, 3.05) is 5.73 Å². The van der Waals surface area contributed by atoms with Crippen LogP contribution in [0.2, 0.25) is 0 Å². The minimum absolute atomic E-state index is 0. The molecule has 0 aliphatic rings. The van der Waals surface area contributed by atoms with Gasteiger partial charge in [0.2, 0.25) is 0 Å². The van der Waals surface area contributed by atoms with E-state index in [0.717, 1.165) is 22.0 Å². The molecule has 0 aromatic heterocycles. The van der Waals surface area contributed by atoms with E-state index in [1.807, 2.05) is 13.0 Å². The predicted molar refractivity (Wildman–Crippen MR) is 91.5 cm³/mol. The molecule has 94 valence electrons. The SMILES string of the molecule is CCC(Cc1c(I)cc(I)c(N)c1I)C(=O)[O-].[Na+]. The molecule has 0 heterocycles. The molecule has 7 heteroatoms. The number of carbonyl (C=O) groups excluding carboxylic acids is 1. The average Bonchev–Trinajstić information content (AvgIpc) is 2.26. The van der Waals surface area contributed by atoms with E-state index in [1.165, 1.54) is 0 Å². The fourth-order valence-electron chi connectivity index (χ4n) is 1.48. The first-order valence-corrected chi connectivity index (χ1v) is 8.24. The van der Waals surface area contributed by atoms with Crippen LogP contribution < -0.4 is 40.4 Å². The second kappa shape index (κ2) is 8.85. The first-order chi connectivity index (χ1) is 7.88. The maximum Gasteiger partial charge on any atom is 1.00 e. The minimum atomic E-state index is -0.990. The van der Waals surface area contributed by atoms with E-state index in [2.05, 4.69) is 67.8 Å². The molecule has 2 N–H and O–H groups in total. The van der Waals surface area contributed by atoms with Crippen molar-refractivity contribution in [1.82, 2.24) is 0 Å². The van der Waals surface area contributed by atoms with Crippen molar-refractivity contribution in [2.45, 2.75) is 19.8 Å². The van der Waals surface area contributed by atoms with Crippen LogP contribution in [-0.2, 0) is 11.2 Å². The van der Waals surface area contributed by atoms with Crippen molar-refractivity contribution < 1.29 is 39.5 Å². The van der Waals surface area contributed by atoms with Crippen molar-refractivity contribution in [3.63, 3.8) is 0 Å². The summed E-state index contributed by atoms with van der Waals surface area (Å²) in [6.07, 6.45) is 1.05. The van der Waals surface area contributed by atoms with Gasteiger partial charge in [0.05, 0.1) is 5.69 Å². The van der Waals surface area contributed by atoms with E-state index in [4.69, 9.17) is 5.73 Å². The zero-order chi connectivity index (χ0) is 13.2. The van der Waals surface area contributed by atoms with Crippen LogP contribution in [0.4, 0.5) is 5.69 Å². The maximum absolute atomic E-state index is 11.0. The number of carbonyl (C=O) groups is 1. The third-order valence-electron chi connectivity index (χ3n) is 2.58. The Kier molecular flexibility index (Phi) is 9.68. The van der Waals surface area contributed by atoms with E-state index < -0.39 is 11.9 Å². The summed E-state index contributed by atoms with van der Waals surface area (Å²) in [6.45, 7) is 1.86. The Morgan fingerprint density at radius 2 is 1.94 bits per heavy atom. The number of anilines is 1. The van der Waals surface area contributed by atoms with Crippen LogP contribution in [0, 0.1) is 16.6 Å². The van der Waals surface area contributed by atoms with Gasteiger partial charge in [-0.2, -0.15) is 0 Å². The minimum Gasteiger partial charge on any atom is -0.550 e. The zero-order valence-electron chi connectivity index (χ0n) is 10.1. The summed E-state index contributed by atoms with van der Waals surface area (Å²) < 4.78 is 3.02. The number of carboxylic acids is 1. The number of benzene rings is 1. The first kappa shape index (κ1) is 19.7. The fourth-order valence-corrected chi connectivity index (χ4v) is 5.29. The molecule has 0 saturated carbocycles. The number of aliphatic carboxylic acids is 1. The number of nitrogens with two attached hydrogens (primary N) is 1. The predicted octanol–water partition coefficient (Wildman–Crippen LogP) is -0.595. The van der Waals surface area contributed by atoms with Crippen molar-refractivity contribution >= 4 is 79.4 Å². The zero-order valence-corrected chi connectivity index (χ0v) is 18.6. The average molecular weight is 593 g/mol. The molecule has 0 spiro atoms. The second-order valence-corrected chi connectivity index (χ2v) is 7.08. The van der Waals surface area contributed by atoms with Crippen molar-refractivity contribution in [1.29, 1.82) is 0 Å². The molecule has 1 aromatic rings. The first-order valence-electron chi connectivity index (χ1n) is 5.01. The molecule has 0 aliphatic heterocycles. The van der Waals surface area contributed by atoms with Crippen molar-refractivity contribution in [2.24, 2.45) is 5.92 Å². The Labute approximate surface area is 170 Å². The molecule has 1 aromatic carbocycles. The van der Waals surface area contributed by atoms with E-state index in [-0.39, 0.29) is 29.6 Å². The smallest absolute Gasteiger partial charge is 0.550 e. The number of carboxylic acid groups (broad SMARTS) is 1. The van der Waals surface area contributed by atoms with Gasteiger partial charge < -0.3 is 15.6 Å². The molecule has 0 aliphatic carbocycles. The van der Waals surface area contributed by atoms with Gasteiger partial charge in [-0.3, -0.25) is 0 Å². The Hall–Kier alpha value is 1.68. The number of nitrogen functional groups attached to an aromatic ring is 1. The van der Waals surface area contributed by atoms with E-state index in [1.54, 1.807) is 0 Å². The summed E-state index contributed by atoms with van der Waals surface area (Å²) in [4.78, 5) is 11.0. The van der Waals surface area contributed by atoms with Gasteiger partial charge in [0, 0.05) is 22.6 Å². The van der Waals surface area contributed by atoms with E-state index >= 15 is 0 Å². The largest absolute Gasteiger partial charge is 1.00 e. The summed E-state index contributed by atoms with van der Waals surface area (Å²) >= 11 is 6.59. The van der Waals surface area contributed by atoms with Crippen LogP contribution in [0.1, 0.15) is 18.9 Å². The Bertz CT molecular complexity index is 454. The quantitative estimate of drug-likeness (QED) is 0.289. The number of halogens is 3. The molecule has 0 bridgehead atoms. The van der Waals surface area contributed by atoms with Gasteiger partial charge in [0.1, 0.15) is 0 Å². The Morgan fingerprint density at radius 3 is 2.39 bits per heavy atom. The van der Waals surface area contributed by atoms with E-state index in [9.17, 15) is 9.90 Å². The van der Waals surface area contributed by atoms with Crippen LogP contribution in [0.15, 0.2) is 6.07 Å². The van der Waals surface area contributed by atoms with Crippen LogP contribution in [0.3, 0.4) is 0 Å². The number of hydrogen-bond donors (Lipinski definition) is 1. The molecule has 0 saturated heterocycles. The number of hydrogen-bond acceptors (Lipinski definition) is 3.